The largest absolute Gasteiger partial charge is 0.462 e. The average molecular weight is 265 g/mol. The molecule has 0 aliphatic carbocycles. The molecule has 0 aliphatic heterocycles. The number of anilines is 2. The van der Waals surface area contributed by atoms with E-state index >= 15 is 0 Å². The fourth-order valence-corrected chi connectivity index (χ4v) is 1.64. The second kappa shape index (κ2) is 6.63. The first kappa shape index (κ1) is 14.8. The summed E-state index contributed by atoms with van der Waals surface area (Å²) >= 11 is 0. The summed E-state index contributed by atoms with van der Waals surface area (Å²) in [5.74, 6) is -0.812. The second-order valence-corrected chi connectivity index (χ2v) is 4.24. The minimum Gasteiger partial charge on any atom is -0.462 e. The molecule has 6 nitrogen and oxygen atoms in total. The van der Waals surface area contributed by atoms with E-state index in [2.05, 4.69) is 5.32 Å². The van der Waals surface area contributed by atoms with Crippen molar-refractivity contribution in [1.29, 1.82) is 0 Å². The van der Waals surface area contributed by atoms with Crippen LogP contribution in [-0.4, -0.2) is 24.5 Å². The molecule has 0 fully saturated rings. The van der Waals surface area contributed by atoms with Crippen molar-refractivity contribution in [2.45, 2.75) is 26.3 Å². The van der Waals surface area contributed by atoms with E-state index in [4.69, 9.17) is 16.2 Å². The molecule has 19 heavy (non-hydrogen) atoms. The molecular weight excluding hydrogens is 246 g/mol. The first-order valence-corrected chi connectivity index (χ1v) is 6.05. The van der Waals surface area contributed by atoms with Gasteiger partial charge in [-0.25, -0.2) is 4.79 Å². The third kappa shape index (κ3) is 4.50. The van der Waals surface area contributed by atoms with Crippen LogP contribution < -0.4 is 16.8 Å². The van der Waals surface area contributed by atoms with Crippen LogP contribution in [0.3, 0.4) is 0 Å². The highest BCUT2D eigenvalue weighted by atomic mass is 16.5. The number of nitrogens with two attached hydrogens (primary N) is 2. The van der Waals surface area contributed by atoms with E-state index in [-0.39, 0.29) is 12.5 Å². The zero-order valence-corrected chi connectivity index (χ0v) is 11.1. The number of rotatable bonds is 6. The van der Waals surface area contributed by atoms with E-state index in [1.807, 2.05) is 0 Å². The third-order valence-electron chi connectivity index (χ3n) is 2.47. The molecule has 0 radical (unpaired) electrons. The molecule has 1 aromatic carbocycles. The maximum Gasteiger partial charge on any atom is 0.338 e. The molecule has 1 atom stereocenters. The van der Waals surface area contributed by atoms with Gasteiger partial charge in [-0.2, -0.15) is 0 Å². The highest BCUT2D eigenvalue weighted by molar-refractivity contribution is 5.92. The van der Waals surface area contributed by atoms with Crippen molar-refractivity contribution < 1.29 is 14.3 Å². The van der Waals surface area contributed by atoms with Gasteiger partial charge in [0.25, 0.3) is 0 Å². The predicted octanol–water partition coefficient (Wildman–Crippen LogP) is 1.12. The Balaban J connectivity index is 2.85. The van der Waals surface area contributed by atoms with Gasteiger partial charge in [-0.3, -0.25) is 4.79 Å². The molecule has 1 rings (SSSR count). The number of carbonyl (C=O) groups is 2. The van der Waals surface area contributed by atoms with Crippen LogP contribution in [0, 0.1) is 0 Å². The molecule has 0 bridgehead atoms. The Morgan fingerprint density at radius 2 is 2.11 bits per heavy atom. The van der Waals surface area contributed by atoms with Crippen molar-refractivity contribution in [2.75, 3.05) is 17.7 Å². The van der Waals surface area contributed by atoms with E-state index in [0.717, 1.165) is 0 Å². The van der Waals surface area contributed by atoms with Gasteiger partial charge in [-0.15, -0.1) is 0 Å². The molecule has 6 heteroatoms. The van der Waals surface area contributed by atoms with E-state index < -0.39 is 11.9 Å². The Kier molecular flexibility index (Phi) is 5.17. The molecule has 0 saturated heterocycles. The summed E-state index contributed by atoms with van der Waals surface area (Å²) < 4.78 is 4.91. The second-order valence-electron chi connectivity index (χ2n) is 4.24. The maximum atomic E-state index is 11.6. The number of nitrogens with one attached hydrogen (secondary N) is 1. The van der Waals surface area contributed by atoms with E-state index in [1.165, 1.54) is 0 Å². The van der Waals surface area contributed by atoms with Crippen LogP contribution in [0.2, 0.25) is 0 Å². The molecule has 5 N–H and O–H groups in total. The van der Waals surface area contributed by atoms with Gasteiger partial charge in [0.15, 0.2) is 0 Å². The summed E-state index contributed by atoms with van der Waals surface area (Å²) in [5.41, 5.74) is 12.4. The lowest BCUT2D eigenvalue weighted by Crippen LogP contribution is -2.24. The van der Waals surface area contributed by atoms with Crippen LogP contribution in [0.1, 0.15) is 30.6 Å². The molecule has 0 aromatic heterocycles. The van der Waals surface area contributed by atoms with Crippen LogP contribution in [0.15, 0.2) is 18.2 Å². The zero-order chi connectivity index (χ0) is 14.4. The van der Waals surface area contributed by atoms with Gasteiger partial charge in [0.1, 0.15) is 0 Å². The molecule has 0 heterocycles. The minimum atomic E-state index is -0.409. The summed E-state index contributed by atoms with van der Waals surface area (Å²) in [6.07, 6.45) is 0.184. The highest BCUT2D eigenvalue weighted by Gasteiger charge is 2.12. The van der Waals surface area contributed by atoms with Crippen molar-refractivity contribution >= 4 is 23.3 Å². The topological polar surface area (TPSA) is 107 Å². The molecule has 1 amide bonds. The molecule has 0 saturated carbocycles. The normalized spacial score (nSPS) is 11.7. The number of esters is 1. The quantitative estimate of drug-likeness (QED) is 0.527. The Bertz CT molecular complexity index is 474. The van der Waals surface area contributed by atoms with E-state index in [1.54, 1.807) is 32.0 Å². The monoisotopic (exact) mass is 265 g/mol. The molecule has 1 unspecified atom stereocenters. The number of carbonyl (C=O) groups excluding carboxylic acids is 2. The van der Waals surface area contributed by atoms with Crippen LogP contribution in [-0.2, 0) is 9.53 Å². The Morgan fingerprint density at radius 3 is 2.68 bits per heavy atom. The van der Waals surface area contributed by atoms with Gasteiger partial charge in [-0.1, -0.05) is 0 Å². The molecule has 1 aromatic rings. The molecule has 104 valence electrons. The number of ether oxygens (including phenoxy) is 1. The Morgan fingerprint density at radius 1 is 1.42 bits per heavy atom. The lowest BCUT2D eigenvalue weighted by Gasteiger charge is -2.16. The average Bonchev–Trinajstić information content (AvgIpc) is 2.31. The summed E-state index contributed by atoms with van der Waals surface area (Å²) in [6, 6.07) is 4.64. The summed E-state index contributed by atoms with van der Waals surface area (Å²) in [4.78, 5) is 22.4. The zero-order valence-electron chi connectivity index (χ0n) is 11.1. The van der Waals surface area contributed by atoms with Crippen molar-refractivity contribution in [3.8, 4) is 0 Å². The lowest BCUT2D eigenvalue weighted by molar-refractivity contribution is -0.118. The number of hydrogen-bond donors (Lipinski definition) is 3. The first-order chi connectivity index (χ1) is 8.93. The Labute approximate surface area is 112 Å². The standard InChI is InChI=1S/C13H19N3O3/c1-3-19-13(18)9-4-5-10(14)11(7-9)16-8(2)6-12(15)17/h4-5,7-8,16H,3,6,14H2,1-2H3,(H2,15,17). The number of nitrogen functional groups attached to an aromatic ring is 1. The predicted molar refractivity (Wildman–Crippen MR) is 73.7 cm³/mol. The SMILES string of the molecule is CCOC(=O)c1ccc(N)c(NC(C)CC(N)=O)c1. The first-order valence-electron chi connectivity index (χ1n) is 6.05. The molecule has 0 spiro atoms. The van der Waals surface area contributed by atoms with Gasteiger partial charge in [-0.05, 0) is 32.0 Å². The van der Waals surface area contributed by atoms with Gasteiger partial charge in [0.2, 0.25) is 5.91 Å². The van der Waals surface area contributed by atoms with Gasteiger partial charge >= 0.3 is 5.97 Å². The summed E-state index contributed by atoms with van der Waals surface area (Å²) in [7, 11) is 0. The van der Waals surface area contributed by atoms with Crippen molar-refractivity contribution in [1.82, 2.24) is 0 Å². The highest BCUT2D eigenvalue weighted by Crippen LogP contribution is 2.22. The van der Waals surface area contributed by atoms with Crippen molar-refractivity contribution in [2.24, 2.45) is 5.73 Å². The third-order valence-corrected chi connectivity index (χ3v) is 2.47. The summed E-state index contributed by atoms with van der Waals surface area (Å²) in [6.45, 7) is 3.86. The fraction of sp³-hybridized carbons (Fsp3) is 0.385. The molecule has 0 aliphatic rings. The van der Waals surface area contributed by atoms with Gasteiger partial charge < -0.3 is 21.5 Å². The van der Waals surface area contributed by atoms with Gasteiger partial charge in [0.05, 0.1) is 23.5 Å². The fourth-order valence-electron chi connectivity index (χ4n) is 1.64. The number of amides is 1. The van der Waals surface area contributed by atoms with E-state index in [0.29, 0.717) is 23.5 Å². The van der Waals surface area contributed by atoms with Crippen LogP contribution in [0.4, 0.5) is 11.4 Å². The minimum absolute atomic E-state index is 0.169. The van der Waals surface area contributed by atoms with E-state index in [9.17, 15) is 9.59 Å². The number of hydrogen-bond acceptors (Lipinski definition) is 5. The van der Waals surface area contributed by atoms with Crippen LogP contribution in [0.25, 0.3) is 0 Å². The number of benzene rings is 1. The van der Waals surface area contributed by atoms with Crippen LogP contribution >= 0.6 is 0 Å². The van der Waals surface area contributed by atoms with Gasteiger partial charge in [0, 0.05) is 12.5 Å². The lowest BCUT2D eigenvalue weighted by atomic mass is 10.1. The Hall–Kier alpha value is -2.24. The van der Waals surface area contributed by atoms with Crippen molar-refractivity contribution in [3.63, 3.8) is 0 Å². The number of primary amides is 1. The molecular formula is C13H19N3O3. The summed E-state index contributed by atoms with van der Waals surface area (Å²) in [5, 5.41) is 3.05. The maximum absolute atomic E-state index is 11.6. The van der Waals surface area contributed by atoms with Crippen molar-refractivity contribution in [3.05, 3.63) is 23.8 Å². The smallest absolute Gasteiger partial charge is 0.338 e. The van der Waals surface area contributed by atoms with Crippen LogP contribution in [0.5, 0.6) is 0 Å².